The van der Waals surface area contributed by atoms with Gasteiger partial charge in [-0.3, -0.25) is 0 Å². The maximum absolute atomic E-state index is 4.15. The first kappa shape index (κ1) is 13.3. The Bertz CT molecular complexity index is 203. The summed E-state index contributed by atoms with van der Waals surface area (Å²) in [4.78, 5) is 2.23. The molecule has 0 N–H and O–H groups in total. The van der Waals surface area contributed by atoms with Gasteiger partial charge >= 0.3 is 0 Å². The second-order valence-corrected chi connectivity index (χ2v) is 4.46. The summed E-state index contributed by atoms with van der Waals surface area (Å²) in [5, 5.41) is 0. The molecule has 1 unspecified atom stereocenters. The van der Waals surface area contributed by atoms with Crippen molar-refractivity contribution in [2.75, 3.05) is 7.05 Å². The Labute approximate surface area is 89.5 Å². The first-order chi connectivity index (χ1) is 6.40. The maximum atomic E-state index is 4.15. The summed E-state index contributed by atoms with van der Waals surface area (Å²) >= 11 is 0. The minimum atomic E-state index is 0.407. The van der Waals surface area contributed by atoms with E-state index in [-0.39, 0.29) is 0 Å². The lowest BCUT2D eigenvalue weighted by atomic mass is 9.98. The highest BCUT2D eigenvalue weighted by atomic mass is 15.1. The normalized spacial score (nSPS) is 12.7. The second kappa shape index (κ2) is 5.90. The van der Waals surface area contributed by atoms with Crippen LogP contribution in [0.2, 0.25) is 0 Å². The molecule has 0 radical (unpaired) electrons. The fraction of sp³-hybridized carbons (Fsp3) is 0.692. The van der Waals surface area contributed by atoms with Gasteiger partial charge in [-0.2, -0.15) is 0 Å². The molecule has 0 spiro atoms. The van der Waals surface area contributed by atoms with Crippen LogP contribution in [0.3, 0.4) is 0 Å². The Morgan fingerprint density at radius 1 is 1.21 bits per heavy atom. The zero-order chi connectivity index (χ0) is 11.3. The van der Waals surface area contributed by atoms with Gasteiger partial charge in [-0.15, -0.1) is 0 Å². The summed E-state index contributed by atoms with van der Waals surface area (Å²) in [5.41, 5.74) is 2.49. The first-order valence-corrected chi connectivity index (χ1v) is 5.48. The van der Waals surface area contributed by atoms with Crippen LogP contribution in [0.5, 0.6) is 0 Å². The smallest absolute Gasteiger partial charge is 0.0465 e. The molecular weight excluding hydrogens is 170 g/mol. The minimum absolute atomic E-state index is 0.407. The third-order valence-corrected chi connectivity index (χ3v) is 2.75. The van der Waals surface area contributed by atoms with E-state index in [1.165, 1.54) is 11.3 Å². The van der Waals surface area contributed by atoms with E-state index in [1.807, 2.05) is 0 Å². The monoisotopic (exact) mass is 195 g/mol. The van der Waals surface area contributed by atoms with Gasteiger partial charge in [-0.1, -0.05) is 39.5 Å². The molecule has 0 rings (SSSR count). The average Bonchev–Trinajstić information content (AvgIpc) is 2.13. The predicted molar refractivity (Wildman–Crippen MR) is 65.3 cm³/mol. The van der Waals surface area contributed by atoms with E-state index in [9.17, 15) is 0 Å². The van der Waals surface area contributed by atoms with Crippen molar-refractivity contribution in [1.29, 1.82) is 0 Å². The third-order valence-electron chi connectivity index (χ3n) is 2.75. The molecule has 0 aliphatic rings. The fourth-order valence-electron chi connectivity index (χ4n) is 1.49. The molecule has 82 valence electrons. The highest BCUT2D eigenvalue weighted by molar-refractivity contribution is 5.09. The average molecular weight is 195 g/mol. The quantitative estimate of drug-likeness (QED) is 0.582. The van der Waals surface area contributed by atoms with Crippen LogP contribution >= 0.6 is 0 Å². The van der Waals surface area contributed by atoms with Crippen LogP contribution in [-0.2, 0) is 0 Å². The Hall–Kier alpha value is -0.720. The van der Waals surface area contributed by atoms with Gasteiger partial charge in [0.15, 0.2) is 0 Å². The molecule has 0 amide bonds. The second-order valence-electron chi connectivity index (χ2n) is 4.46. The van der Waals surface area contributed by atoms with Gasteiger partial charge in [-0.05, 0) is 25.7 Å². The van der Waals surface area contributed by atoms with E-state index < -0.39 is 0 Å². The Morgan fingerprint density at radius 2 is 1.71 bits per heavy atom. The number of likely N-dealkylation sites (N-methyl/N-ethyl adjacent to an activating group) is 1. The molecule has 0 saturated heterocycles. The van der Waals surface area contributed by atoms with Gasteiger partial charge in [-0.25, -0.2) is 0 Å². The van der Waals surface area contributed by atoms with Crippen LogP contribution in [0.4, 0.5) is 0 Å². The van der Waals surface area contributed by atoms with E-state index in [0.717, 1.165) is 12.8 Å². The van der Waals surface area contributed by atoms with Crippen molar-refractivity contribution >= 4 is 0 Å². The number of hydrogen-bond acceptors (Lipinski definition) is 1. The Morgan fingerprint density at radius 3 is 2.07 bits per heavy atom. The largest absolute Gasteiger partial charge is 0.372 e. The lowest BCUT2D eigenvalue weighted by Crippen LogP contribution is -2.29. The molecule has 1 atom stereocenters. The number of nitrogens with zero attached hydrogens (tertiary/aromatic N) is 1. The minimum Gasteiger partial charge on any atom is -0.372 e. The zero-order valence-corrected chi connectivity index (χ0v) is 10.4. The van der Waals surface area contributed by atoms with E-state index in [2.05, 4.69) is 52.8 Å². The predicted octanol–water partition coefficient (Wildman–Crippen LogP) is 3.83. The molecule has 0 aromatic rings. The topological polar surface area (TPSA) is 3.24 Å². The number of hydrogen-bond donors (Lipinski definition) is 0. The molecule has 1 nitrogen and oxygen atoms in total. The van der Waals surface area contributed by atoms with Gasteiger partial charge in [0.25, 0.3) is 0 Å². The van der Waals surface area contributed by atoms with Crippen LogP contribution in [0.15, 0.2) is 24.4 Å². The summed E-state index contributed by atoms with van der Waals surface area (Å²) in [6, 6.07) is 0.407. The Kier molecular flexibility index (Phi) is 5.59. The van der Waals surface area contributed by atoms with Crippen molar-refractivity contribution in [3.05, 3.63) is 24.4 Å². The van der Waals surface area contributed by atoms with Crippen LogP contribution in [0.25, 0.3) is 0 Å². The first-order valence-electron chi connectivity index (χ1n) is 5.48. The fourth-order valence-corrected chi connectivity index (χ4v) is 1.49. The summed E-state index contributed by atoms with van der Waals surface area (Å²) in [7, 11) is 2.10. The molecule has 0 heterocycles. The van der Waals surface area contributed by atoms with E-state index in [0.29, 0.717) is 12.0 Å². The van der Waals surface area contributed by atoms with Crippen LogP contribution in [0, 0.1) is 5.92 Å². The van der Waals surface area contributed by atoms with E-state index in [1.54, 1.807) is 0 Å². The Balaban J connectivity index is 4.24. The molecule has 0 aliphatic carbocycles. The standard InChI is InChI=1S/C13H25N/c1-8-12(5)14(7)13(6)11(4)9-10(2)3/h10,13H,4-5,8-9H2,1-3,6-7H3. The molecule has 14 heavy (non-hydrogen) atoms. The van der Waals surface area contributed by atoms with Gasteiger partial charge in [0.05, 0.1) is 0 Å². The van der Waals surface area contributed by atoms with Crippen molar-refractivity contribution in [2.45, 2.75) is 46.6 Å². The molecule has 0 fully saturated rings. The molecule has 0 aromatic heterocycles. The molecule has 1 heteroatoms. The van der Waals surface area contributed by atoms with E-state index >= 15 is 0 Å². The molecule has 0 bridgehead atoms. The van der Waals surface area contributed by atoms with Crippen molar-refractivity contribution in [3.63, 3.8) is 0 Å². The van der Waals surface area contributed by atoms with Crippen LogP contribution < -0.4 is 0 Å². The molecular formula is C13H25N. The number of rotatable bonds is 6. The highest BCUT2D eigenvalue weighted by Gasteiger charge is 2.13. The van der Waals surface area contributed by atoms with Gasteiger partial charge < -0.3 is 4.90 Å². The lowest BCUT2D eigenvalue weighted by Gasteiger charge is -2.30. The molecule has 0 saturated carbocycles. The molecule has 0 aromatic carbocycles. The zero-order valence-electron chi connectivity index (χ0n) is 10.4. The maximum Gasteiger partial charge on any atom is 0.0465 e. The van der Waals surface area contributed by atoms with Crippen molar-refractivity contribution in [2.24, 2.45) is 5.92 Å². The van der Waals surface area contributed by atoms with Gasteiger partial charge in [0.1, 0.15) is 0 Å². The van der Waals surface area contributed by atoms with Crippen molar-refractivity contribution in [1.82, 2.24) is 4.90 Å². The summed E-state index contributed by atoms with van der Waals surface area (Å²) in [5.74, 6) is 0.688. The lowest BCUT2D eigenvalue weighted by molar-refractivity contribution is 0.341. The van der Waals surface area contributed by atoms with Crippen molar-refractivity contribution in [3.8, 4) is 0 Å². The van der Waals surface area contributed by atoms with Crippen molar-refractivity contribution < 1.29 is 0 Å². The van der Waals surface area contributed by atoms with E-state index in [4.69, 9.17) is 0 Å². The molecule has 0 aliphatic heterocycles. The SMILES string of the molecule is C=C(CC(C)C)C(C)N(C)C(=C)CC. The van der Waals surface area contributed by atoms with Crippen LogP contribution in [-0.4, -0.2) is 18.0 Å². The highest BCUT2D eigenvalue weighted by Crippen LogP contribution is 2.19. The third kappa shape index (κ3) is 3.99. The summed E-state index contributed by atoms with van der Waals surface area (Å²) in [6.45, 7) is 17.0. The summed E-state index contributed by atoms with van der Waals surface area (Å²) < 4.78 is 0. The number of allylic oxidation sites excluding steroid dienone is 1. The van der Waals surface area contributed by atoms with Gasteiger partial charge in [0.2, 0.25) is 0 Å². The van der Waals surface area contributed by atoms with Crippen LogP contribution in [0.1, 0.15) is 40.5 Å². The van der Waals surface area contributed by atoms with Gasteiger partial charge in [0, 0.05) is 18.8 Å². The summed E-state index contributed by atoms with van der Waals surface area (Å²) in [6.07, 6.45) is 2.11.